The molecular weight excluding hydrogens is 378 g/mol. The van der Waals surface area contributed by atoms with Gasteiger partial charge in [-0.05, 0) is 49.3 Å². The van der Waals surface area contributed by atoms with Gasteiger partial charge in [0.15, 0.2) is 5.96 Å². The molecule has 0 aliphatic carbocycles. The Balaban J connectivity index is 1.38. The molecular formula is C23H37N5O2. The Kier molecular flexibility index (Phi) is 8.51. The van der Waals surface area contributed by atoms with Crippen LogP contribution in [0.25, 0.3) is 0 Å². The molecule has 0 saturated carbocycles. The molecule has 0 bridgehead atoms. The first kappa shape index (κ1) is 22.6. The minimum Gasteiger partial charge on any atom is -0.381 e. The smallest absolute Gasteiger partial charge is 0.253 e. The number of nitrogens with zero attached hydrogens (tertiary/aromatic N) is 3. The van der Waals surface area contributed by atoms with Crippen molar-refractivity contribution in [2.45, 2.75) is 31.7 Å². The van der Waals surface area contributed by atoms with Crippen LogP contribution in [0.1, 0.15) is 35.2 Å². The lowest BCUT2D eigenvalue weighted by Crippen LogP contribution is -2.49. The monoisotopic (exact) mass is 415 g/mol. The van der Waals surface area contributed by atoms with Crippen molar-refractivity contribution in [1.82, 2.24) is 20.4 Å². The largest absolute Gasteiger partial charge is 0.381 e. The zero-order chi connectivity index (χ0) is 21.3. The maximum absolute atomic E-state index is 12.1. The lowest BCUT2D eigenvalue weighted by atomic mass is 10.0. The van der Waals surface area contributed by atoms with Crippen molar-refractivity contribution in [2.75, 3.05) is 60.5 Å². The zero-order valence-corrected chi connectivity index (χ0v) is 18.7. The second kappa shape index (κ2) is 11.3. The Morgan fingerprint density at radius 2 is 2.07 bits per heavy atom. The average molecular weight is 416 g/mol. The number of nitrogens with one attached hydrogen (secondary N) is 2. The van der Waals surface area contributed by atoms with Crippen molar-refractivity contribution in [3.63, 3.8) is 0 Å². The first-order chi connectivity index (χ1) is 14.5. The Bertz CT molecular complexity index is 707. The highest BCUT2D eigenvalue weighted by molar-refractivity contribution is 5.94. The maximum atomic E-state index is 12.1. The second-order valence-electron chi connectivity index (χ2n) is 8.60. The molecule has 0 radical (unpaired) electrons. The van der Waals surface area contributed by atoms with E-state index < -0.39 is 0 Å². The third kappa shape index (κ3) is 6.71. The minimum atomic E-state index is 0.0362. The standard InChI is InChI=1S/C23H37N5O2/c1-24-23(25-11-7-18-5-4-6-20(15-18)22(29)27(2)3)26-21-8-12-28(13-9-21)16-19-10-14-30-17-19/h4-6,15,19,21H,7-14,16-17H2,1-3H3,(H2,24,25,26). The van der Waals surface area contributed by atoms with Gasteiger partial charge >= 0.3 is 0 Å². The van der Waals surface area contributed by atoms with Crippen molar-refractivity contribution in [3.05, 3.63) is 35.4 Å². The van der Waals surface area contributed by atoms with Gasteiger partial charge in [0.05, 0.1) is 6.61 Å². The highest BCUT2D eigenvalue weighted by atomic mass is 16.5. The molecule has 166 valence electrons. The third-order valence-electron chi connectivity index (χ3n) is 5.98. The number of carbonyl (C=O) groups excluding carboxylic acids is 1. The maximum Gasteiger partial charge on any atom is 0.253 e. The van der Waals surface area contributed by atoms with Crippen LogP contribution in [-0.4, -0.2) is 88.2 Å². The summed E-state index contributed by atoms with van der Waals surface area (Å²) < 4.78 is 5.50. The summed E-state index contributed by atoms with van der Waals surface area (Å²) in [6, 6.07) is 8.32. The van der Waals surface area contributed by atoms with Crippen molar-refractivity contribution in [1.29, 1.82) is 0 Å². The number of piperidine rings is 1. The van der Waals surface area contributed by atoms with E-state index in [0.29, 0.717) is 6.04 Å². The van der Waals surface area contributed by atoms with E-state index in [1.54, 1.807) is 19.0 Å². The highest BCUT2D eigenvalue weighted by Crippen LogP contribution is 2.17. The van der Waals surface area contributed by atoms with Crippen LogP contribution in [0.15, 0.2) is 29.3 Å². The van der Waals surface area contributed by atoms with Gasteiger partial charge in [0.25, 0.3) is 5.91 Å². The molecule has 2 fully saturated rings. The van der Waals surface area contributed by atoms with Gasteiger partial charge in [-0.2, -0.15) is 0 Å². The SMILES string of the molecule is CN=C(NCCc1cccc(C(=O)N(C)C)c1)NC1CCN(CC2CCOC2)CC1. The number of carbonyl (C=O) groups is 1. The van der Waals surface area contributed by atoms with Crippen molar-refractivity contribution in [3.8, 4) is 0 Å². The third-order valence-corrected chi connectivity index (χ3v) is 5.98. The summed E-state index contributed by atoms with van der Waals surface area (Å²) in [4.78, 5) is 20.7. The molecule has 3 rings (SSSR count). The Morgan fingerprint density at radius 3 is 2.73 bits per heavy atom. The van der Waals surface area contributed by atoms with E-state index >= 15 is 0 Å². The number of guanidine groups is 1. The molecule has 2 saturated heterocycles. The molecule has 30 heavy (non-hydrogen) atoms. The van der Waals surface area contributed by atoms with Crippen molar-refractivity contribution < 1.29 is 9.53 Å². The summed E-state index contributed by atoms with van der Waals surface area (Å²) in [5.41, 5.74) is 1.88. The molecule has 0 aromatic heterocycles. The van der Waals surface area contributed by atoms with Crippen LogP contribution in [0.2, 0.25) is 0 Å². The summed E-state index contributed by atoms with van der Waals surface area (Å²) in [7, 11) is 5.38. The van der Waals surface area contributed by atoms with Crippen LogP contribution in [0.4, 0.5) is 0 Å². The fourth-order valence-corrected chi connectivity index (χ4v) is 4.18. The van der Waals surface area contributed by atoms with Crippen molar-refractivity contribution >= 4 is 11.9 Å². The van der Waals surface area contributed by atoms with Gasteiger partial charge in [-0.3, -0.25) is 9.79 Å². The molecule has 1 aromatic rings. The van der Waals surface area contributed by atoms with E-state index in [9.17, 15) is 4.79 Å². The second-order valence-corrected chi connectivity index (χ2v) is 8.60. The van der Waals surface area contributed by atoms with Gasteiger partial charge in [-0.1, -0.05) is 12.1 Å². The zero-order valence-electron chi connectivity index (χ0n) is 18.7. The number of likely N-dealkylation sites (tertiary alicyclic amines) is 1. The Morgan fingerprint density at radius 1 is 1.27 bits per heavy atom. The number of benzene rings is 1. The average Bonchev–Trinajstić information content (AvgIpc) is 3.27. The molecule has 2 heterocycles. The van der Waals surface area contributed by atoms with Crippen LogP contribution in [-0.2, 0) is 11.2 Å². The normalized spacial score (nSPS) is 20.9. The van der Waals surface area contributed by atoms with E-state index in [1.807, 2.05) is 25.2 Å². The predicted molar refractivity (Wildman–Crippen MR) is 121 cm³/mol. The molecule has 7 nitrogen and oxygen atoms in total. The minimum absolute atomic E-state index is 0.0362. The predicted octanol–water partition coefficient (Wildman–Crippen LogP) is 1.60. The van der Waals surface area contributed by atoms with Crippen LogP contribution in [0.5, 0.6) is 0 Å². The topological polar surface area (TPSA) is 69.2 Å². The van der Waals surface area contributed by atoms with E-state index in [2.05, 4.69) is 26.6 Å². The lowest BCUT2D eigenvalue weighted by Gasteiger charge is -2.34. The Labute approximate surface area is 180 Å². The van der Waals surface area contributed by atoms with Gasteiger partial charge in [0.2, 0.25) is 0 Å². The highest BCUT2D eigenvalue weighted by Gasteiger charge is 2.24. The van der Waals surface area contributed by atoms with Crippen LogP contribution in [0, 0.1) is 5.92 Å². The number of rotatable bonds is 7. The lowest BCUT2D eigenvalue weighted by molar-refractivity contribution is 0.0827. The van der Waals surface area contributed by atoms with Gasteiger partial charge in [0, 0.05) is 65.5 Å². The number of hydrogen-bond donors (Lipinski definition) is 2. The quantitative estimate of drug-likeness (QED) is 0.523. The molecule has 2 aliphatic heterocycles. The van der Waals surface area contributed by atoms with Crippen LogP contribution in [0.3, 0.4) is 0 Å². The van der Waals surface area contributed by atoms with E-state index in [1.165, 1.54) is 13.0 Å². The molecule has 1 amide bonds. The number of amides is 1. The van der Waals surface area contributed by atoms with E-state index in [4.69, 9.17) is 4.74 Å². The van der Waals surface area contributed by atoms with Crippen molar-refractivity contribution in [2.24, 2.45) is 10.9 Å². The number of aliphatic imine (C=N–C) groups is 1. The summed E-state index contributed by atoms with van der Waals surface area (Å²) in [6.45, 7) is 6.09. The summed E-state index contributed by atoms with van der Waals surface area (Å²) in [5, 5.41) is 7.00. The van der Waals surface area contributed by atoms with Gasteiger partial charge < -0.3 is 25.2 Å². The van der Waals surface area contributed by atoms with Gasteiger partial charge in [-0.15, -0.1) is 0 Å². The molecule has 2 N–H and O–H groups in total. The Hall–Kier alpha value is -2.12. The van der Waals surface area contributed by atoms with Gasteiger partial charge in [-0.25, -0.2) is 0 Å². The summed E-state index contributed by atoms with van der Waals surface area (Å²) >= 11 is 0. The van der Waals surface area contributed by atoms with Crippen LogP contribution < -0.4 is 10.6 Å². The van der Waals surface area contributed by atoms with E-state index in [-0.39, 0.29) is 5.91 Å². The number of hydrogen-bond acceptors (Lipinski definition) is 4. The first-order valence-corrected chi connectivity index (χ1v) is 11.1. The molecule has 1 aromatic carbocycles. The molecule has 2 aliphatic rings. The van der Waals surface area contributed by atoms with E-state index in [0.717, 1.165) is 75.1 Å². The molecule has 0 spiro atoms. The molecule has 1 atom stereocenters. The number of ether oxygens (including phenoxy) is 1. The molecule has 7 heteroatoms. The van der Waals surface area contributed by atoms with Gasteiger partial charge in [0.1, 0.15) is 0 Å². The summed E-state index contributed by atoms with van der Waals surface area (Å²) in [6.07, 6.45) is 4.34. The fraction of sp³-hybridized carbons (Fsp3) is 0.652. The summed E-state index contributed by atoms with van der Waals surface area (Å²) in [5.74, 6) is 1.61. The van der Waals surface area contributed by atoms with Crippen LogP contribution >= 0.6 is 0 Å². The fourth-order valence-electron chi connectivity index (χ4n) is 4.18. The first-order valence-electron chi connectivity index (χ1n) is 11.1. The molecule has 1 unspecified atom stereocenters.